The minimum absolute atomic E-state index is 0.158. The van der Waals surface area contributed by atoms with Crippen molar-refractivity contribution < 1.29 is 24.2 Å². The standard InChI is InChI=1S/C16H23NO5/c1-5-22-15(19)13(10-14(18)16(2,3)20)17-11-6-8-12(21-4)9-7-11/h6-9,13,17,20H,5,10H2,1-4H3. The zero-order valence-corrected chi connectivity index (χ0v) is 13.4. The highest BCUT2D eigenvalue weighted by Gasteiger charge is 2.30. The van der Waals surface area contributed by atoms with Crippen LogP contribution in [0.4, 0.5) is 5.69 Å². The number of carbonyl (C=O) groups is 2. The van der Waals surface area contributed by atoms with Crippen molar-refractivity contribution in [3.63, 3.8) is 0 Å². The molecule has 0 saturated carbocycles. The first kappa shape index (κ1) is 18.0. The van der Waals surface area contributed by atoms with E-state index in [2.05, 4.69) is 5.32 Å². The Labute approximate surface area is 130 Å². The largest absolute Gasteiger partial charge is 0.497 e. The molecule has 1 aromatic carbocycles. The van der Waals surface area contributed by atoms with E-state index in [0.717, 1.165) is 0 Å². The predicted octanol–water partition coefficient (Wildman–Crippen LogP) is 1.77. The Hall–Kier alpha value is -2.08. The van der Waals surface area contributed by atoms with Gasteiger partial charge in [-0.3, -0.25) is 4.79 Å². The summed E-state index contributed by atoms with van der Waals surface area (Å²) in [5.41, 5.74) is -0.839. The van der Waals surface area contributed by atoms with Crippen molar-refractivity contribution >= 4 is 17.4 Å². The number of Topliss-reactive ketones (excluding diaryl/α,β-unsaturated/α-hetero) is 1. The highest BCUT2D eigenvalue weighted by atomic mass is 16.5. The molecular weight excluding hydrogens is 286 g/mol. The van der Waals surface area contributed by atoms with Crippen molar-refractivity contribution in [2.45, 2.75) is 38.8 Å². The van der Waals surface area contributed by atoms with E-state index in [0.29, 0.717) is 11.4 Å². The predicted molar refractivity (Wildman–Crippen MR) is 83.0 cm³/mol. The van der Waals surface area contributed by atoms with E-state index in [4.69, 9.17) is 9.47 Å². The summed E-state index contributed by atoms with van der Waals surface area (Å²) in [5, 5.41) is 12.7. The molecule has 0 saturated heterocycles. The Balaban J connectivity index is 2.85. The van der Waals surface area contributed by atoms with Gasteiger partial charge in [-0.2, -0.15) is 0 Å². The molecule has 1 rings (SSSR count). The van der Waals surface area contributed by atoms with Gasteiger partial charge in [-0.15, -0.1) is 0 Å². The first-order valence-electron chi connectivity index (χ1n) is 7.10. The molecule has 1 aromatic rings. The van der Waals surface area contributed by atoms with E-state index >= 15 is 0 Å². The van der Waals surface area contributed by atoms with Gasteiger partial charge in [0.05, 0.1) is 13.7 Å². The molecule has 2 N–H and O–H groups in total. The van der Waals surface area contributed by atoms with E-state index in [1.54, 1.807) is 38.3 Å². The molecule has 0 radical (unpaired) electrons. The molecule has 22 heavy (non-hydrogen) atoms. The van der Waals surface area contributed by atoms with Gasteiger partial charge in [-0.25, -0.2) is 4.79 Å². The fourth-order valence-electron chi connectivity index (χ4n) is 1.76. The van der Waals surface area contributed by atoms with Crippen LogP contribution in [0.15, 0.2) is 24.3 Å². The van der Waals surface area contributed by atoms with Crippen LogP contribution in [0.2, 0.25) is 0 Å². The normalized spacial score (nSPS) is 12.4. The zero-order valence-electron chi connectivity index (χ0n) is 13.4. The lowest BCUT2D eigenvalue weighted by molar-refractivity contribution is -0.147. The highest BCUT2D eigenvalue weighted by Crippen LogP contribution is 2.18. The summed E-state index contributed by atoms with van der Waals surface area (Å²) >= 11 is 0. The Bertz CT molecular complexity index is 504. The van der Waals surface area contributed by atoms with Crippen LogP contribution in [0.5, 0.6) is 5.75 Å². The number of nitrogens with one attached hydrogen (secondary N) is 1. The smallest absolute Gasteiger partial charge is 0.329 e. The number of rotatable bonds is 8. The third kappa shape index (κ3) is 5.37. The van der Waals surface area contributed by atoms with Crippen molar-refractivity contribution in [3.8, 4) is 5.75 Å². The molecule has 0 aliphatic carbocycles. The van der Waals surface area contributed by atoms with Crippen molar-refractivity contribution in [2.75, 3.05) is 19.0 Å². The monoisotopic (exact) mass is 309 g/mol. The van der Waals surface area contributed by atoms with Gasteiger partial charge >= 0.3 is 5.97 Å². The molecular formula is C16H23NO5. The number of hydrogen-bond acceptors (Lipinski definition) is 6. The van der Waals surface area contributed by atoms with Crippen LogP contribution < -0.4 is 10.1 Å². The average molecular weight is 309 g/mol. The van der Waals surface area contributed by atoms with Gasteiger partial charge in [0.25, 0.3) is 0 Å². The van der Waals surface area contributed by atoms with E-state index in [-0.39, 0.29) is 13.0 Å². The SMILES string of the molecule is CCOC(=O)C(CC(=O)C(C)(C)O)Nc1ccc(OC)cc1. The van der Waals surface area contributed by atoms with Gasteiger partial charge in [0.2, 0.25) is 0 Å². The molecule has 6 heteroatoms. The zero-order chi connectivity index (χ0) is 16.8. The Morgan fingerprint density at radius 2 is 1.86 bits per heavy atom. The first-order valence-corrected chi connectivity index (χ1v) is 7.10. The molecule has 0 fully saturated rings. The summed E-state index contributed by atoms with van der Waals surface area (Å²) in [5.74, 6) is -0.284. The lowest BCUT2D eigenvalue weighted by atomic mass is 9.97. The van der Waals surface area contributed by atoms with Gasteiger partial charge in [0.15, 0.2) is 5.78 Å². The van der Waals surface area contributed by atoms with Crippen LogP contribution in [0.1, 0.15) is 27.2 Å². The van der Waals surface area contributed by atoms with E-state index in [1.165, 1.54) is 13.8 Å². The summed E-state index contributed by atoms with van der Waals surface area (Å²) < 4.78 is 10.0. The minimum atomic E-state index is -1.49. The van der Waals surface area contributed by atoms with Crippen LogP contribution in [0, 0.1) is 0 Å². The molecule has 0 aromatic heterocycles. The van der Waals surface area contributed by atoms with Crippen molar-refractivity contribution in [1.29, 1.82) is 0 Å². The summed E-state index contributed by atoms with van der Waals surface area (Å²) in [6.45, 7) is 4.70. The first-order chi connectivity index (χ1) is 10.3. The molecule has 0 heterocycles. The van der Waals surface area contributed by atoms with Crippen LogP contribution in [0.25, 0.3) is 0 Å². The summed E-state index contributed by atoms with van der Waals surface area (Å²) in [6.07, 6.45) is -0.158. The molecule has 6 nitrogen and oxygen atoms in total. The average Bonchev–Trinajstić information content (AvgIpc) is 2.46. The molecule has 0 aliphatic heterocycles. The van der Waals surface area contributed by atoms with Gasteiger partial charge in [0, 0.05) is 12.1 Å². The van der Waals surface area contributed by atoms with Crippen molar-refractivity contribution in [3.05, 3.63) is 24.3 Å². The molecule has 1 unspecified atom stereocenters. The number of ketones is 1. The minimum Gasteiger partial charge on any atom is -0.497 e. The number of methoxy groups -OCH3 is 1. The lowest BCUT2D eigenvalue weighted by Crippen LogP contribution is -2.40. The third-order valence-electron chi connectivity index (χ3n) is 3.07. The number of benzene rings is 1. The van der Waals surface area contributed by atoms with Crippen molar-refractivity contribution in [2.24, 2.45) is 0 Å². The fourth-order valence-corrected chi connectivity index (χ4v) is 1.76. The second-order valence-electron chi connectivity index (χ2n) is 5.36. The van der Waals surface area contributed by atoms with Crippen LogP contribution in [-0.2, 0) is 14.3 Å². The molecule has 0 amide bonds. The Morgan fingerprint density at radius 1 is 1.27 bits per heavy atom. The summed E-state index contributed by atoms with van der Waals surface area (Å²) in [4.78, 5) is 23.9. The molecule has 122 valence electrons. The summed E-state index contributed by atoms with van der Waals surface area (Å²) in [7, 11) is 1.56. The number of ether oxygens (including phenoxy) is 2. The van der Waals surface area contributed by atoms with Crippen LogP contribution in [0.3, 0.4) is 0 Å². The summed E-state index contributed by atoms with van der Waals surface area (Å²) in [6, 6.07) is 6.09. The molecule has 0 aliphatic rings. The fraction of sp³-hybridized carbons (Fsp3) is 0.500. The van der Waals surface area contributed by atoms with Gasteiger partial charge < -0.3 is 19.9 Å². The maximum atomic E-state index is 12.0. The molecule has 1 atom stereocenters. The van der Waals surface area contributed by atoms with Crippen LogP contribution >= 0.6 is 0 Å². The third-order valence-corrected chi connectivity index (χ3v) is 3.07. The number of carbonyl (C=O) groups excluding carboxylic acids is 2. The van der Waals surface area contributed by atoms with Gasteiger partial charge in [0.1, 0.15) is 17.4 Å². The lowest BCUT2D eigenvalue weighted by Gasteiger charge is -2.22. The second-order valence-corrected chi connectivity index (χ2v) is 5.36. The van der Waals surface area contributed by atoms with Crippen LogP contribution in [-0.4, -0.2) is 42.2 Å². The topological polar surface area (TPSA) is 84.9 Å². The highest BCUT2D eigenvalue weighted by molar-refractivity contribution is 5.92. The number of esters is 1. The van der Waals surface area contributed by atoms with Gasteiger partial charge in [-0.1, -0.05) is 0 Å². The molecule has 0 spiro atoms. The maximum absolute atomic E-state index is 12.0. The van der Waals surface area contributed by atoms with E-state index in [1.807, 2.05) is 0 Å². The number of hydrogen-bond donors (Lipinski definition) is 2. The van der Waals surface area contributed by atoms with E-state index in [9.17, 15) is 14.7 Å². The second kappa shape index (κ2) is 7.79. The van der Waals surface area contributed by atoms with E-state index < -0.39 is 23.4 Å². The maximum Gasteiger partial charge on any atom is 0.329 e. The van der Waals surface area contributed by atoms with Gasteiger partial charge in [-0.05, 0) is 45.0 Å². The Kier molecular flexibility index (Phi) is 6.37. The Morgan fingerprint density at radius 3 is 2.32 bits per heavy atom. The molecule has 0 bridgehead atoms. The quantitative estimate of drug-likeness (QED) is 0.712. The number of anilines is 1. The number of aliphatic hydroxyl groups is 1. The van der Waals surface area contributed by atoms with Crippen molar-refractivity contribution in [1.82, 2.24) is 0 Å².